The Balaban J connectivity index is 0.915. The number of rotatable bonds is 5. The van der Waals surface area contributed by atoms with Crippen LogP contribution in [0.3, 0.4) is 0 Å². The van der Waals surface area contributed by atoms with E-state index in [1.165, 1.54) is 100 Å². The molecule has 5 nitrogen and oxygen atoms in total. The molecule has 6 aliphatic heterocycles. The van der Waals surface area contributed by atoms with E-state index in [4.69, 9.17) is 4.74 Å². The molecular formula is C72H45B3N4O. The van der Waals surface area contributed by atoms with Gasteiger partial charge in [0.15, 0.2) is 0 Å². The zero-order valence-electron chi connectivity index (χ0n) is 43.4. The molecule has 0 saturated heterocycles. The van der Waals surface area contributed by atoms with E-state index in [2.05, 4.69) is 293 Å². The van der Waals surface area contributed by atoms with Crippen molar-refractivity contribution in [3.05, 3.63) is 273 Å². The summed E-state index contributed by atoms with van der Waals surface area (Å²) in [6.07, 6.45) is 0. The van der Waals surface area contributed by atoms with Crippen LogP contribution in [-0.4, -0.2) is 20.1 Å². The van der Waals surface area contributed by atoms with Gasteiger partial charge in [-0.05, 0) is 150 Å². The third-order valence-corrected chi connectivity index (χ3v) is 17.8. The Kier molecular flexibility index (Phi) is 9.15. The largest absolute Gasteiger partial charge is 0.458 e. The zero-order chi connectivity index (χ0) is 52.2. The summed E-state index contributed by atoms with van der Waals surface area (Å²) >= 11 is 0. The van der Waals surface area contributed by atoms with Gasteiger partial charge in [0.2, 0.25) is 0 Å². The van der Waals surface area contributed by atoms with Crippen LogP contribution in [0.4, 0.5) is 68.2 Å². The van der Waals surface area contributed by atoms with Crippen LogP contribution in [0.5, 0.6) is 11.5 Å². The van der Waals surface area contributed by atoms with Gasteiger partial charge >= 0.3 is 0 Å². The summed E-state index contributed by atoms with van der Waals surface area (Å²) in [6, 6.07) is 101. The van der Waals surface area contributed by atoms with Crippen molar-refractivity contribution in [2.75, 3.05) is 19.6 Å². The first-order chi connectivity index (χ1) is 39.7. The second-order valence-corrected chi connectivity index (χ2v) is 21.9. The van der Waals surface area contributed by atoms with Crippen LogP contribution in [-0.2, 0) is 0 Å². The van der Waals surface area contributed by atoms with E-state index >= 15 is 0 Å². The maximum absolute atomic E-state index is 7.61. The molecule has 0 radical (unpaired) electrons. The van der Waals surface area contributed by atoms with Gasteiger partial charge in [0.25, 0.3) is 20.1 Å². The summed E-state index contributed by atoms with van der Waals surface area (Å²) < 4.78 is 7.61. The van der Waals surface area contributed by atoms with E-state index in [1.54, 1.807) is 0 Å². The first kappa shape index (κ1) is 43.9. The number of nitrogens with zero attached hydrogens (tertiary/aromatic N) is 4. The van der Waals surface area contributed by atoms with E-state index < -0.39 is 0 Å². The summed E-state index contributed by atoms with van der Waals surface area (Å²) in [5, 5.41) is 0. The van der Waals surface area contributed by atoms with E-state index in [0.717, 1.165) is 51.1 Å². The van der Waals surface area contributed by atoms with E-state index in [0.29, 0.717) is 0 Å². The molecule has 0 aliphatic carbocycles. The molecule has 0 saturated carbocycles. The molecule has 0 amide bonds. The predicted octanol–water partition coefficient (Wildman–Crippen LogP) is 12.1. The molecule has 0 unspecified atom stereocenters. The molecule has 12 aromatic carbocycles. The lowest BCUT2D eigenvalue weighted by Crippen LogP contribution is -2.69. The average molecular weight is 1010 g/mol. The highest BCUT2D eigenvalue weighted by molar-refractivity contribution is 7.05. The monoisotopic (exact) mass is 1010 g/mol. The molecule has 8 heteroatoms. The molecule has 6 heterocycles. The highest BCUT2D eigenvalue weighted by atomic mass is 16.5. The average Bonchev–Trinajstić information content (AvgIpc) is 3.32. The Morgan fingerprint density at radius 3 is 1.10 bits per heavy atom. The predicted molar refractivity (Wildman–Crippen MR) is 337 cm³/mol. The Hall–Kier alpha value is -10.2. The normalized spacial score (nSPS) is 13.9. The topological polar surface area (TPSA) is 22.2 Å². The summed E-state index contributed by atoms with van der Waals surface area (Å²) in [5.41, 5.74) is 30.1. The minimum Gasteiger partial charge on any atom is -0.458 e. The fraction of sp³-hybridized carbons (Fsp3) is 0. The molecule has 0 atom stereocenters. The molecule has 18 rings (SSSR count). The van der Waals surface area contributed by atoms with Crippen LogP contribution in [0, 0.1) is 0 Å². The van der Waals surface area contributed by atoms with Gasteiger partial charge in [-0.3, -0.25) is 0 Å². The lowest BCUT2D eigenvalue weighted by molar-refractivity contribution is 0.488. The van der Waals surface area contributed by atoms with Gasteiger partial charge in [-0.25, -0.2) is 0 Å². The Bertz CT molecular complexity index is 4550. The third-order valence-electron chi connectivity index (χ3n) is 17.8. The number of fused-ring (bicyclic) bond motifs is 14. The first-order valence-corrected chi connectivity index (χ1v) is 27.8. The maximum atomic E-state index is 7.61. The fourth-order valence-electron chi connectivity index (χ4n) is 14.6. The van der Waals surface area contributed by atoms with Crippen LogP contribution in [0.1, 0.15) is 0 Å². The minimum absolute atomic E-state index is 0.0104. The van der Waals surface area contributed by atoms with Gasteiger partial charge in [0, 0.05) is 74.3 Å². The van der Waals surface area contributed by atoms with Crippen molar-refractivity contribution in [3.8, 4) is 33.8 Å². The van der Waals surface area contributed by atoms with E-state index in [-0.39, 0.29) is 20.1 Å². The molecular weight excluding hydrogens is 969 g/mol. The summed E-state index contributed by atoms with van der Waals surface area (Å²) in [5.74, 6) is 1.74. The molecule has 6 aliphatic rings. The number of hydrogen-bond donors (Lipinski definition) is 0. The van der Waals surface area contributed by atoms with E-state index in [9.17, 15) is 0 Å². The number of benzene rings is 12. The Morgan fingerprint density at radius 1 is 0.225 bits per heavy atom. The van der Waals surface area contributed by atoms with Gasteiger partial charge < -0.3 is 24.3 Å². The zero-order valence-corrected chi connectivity index (χ0v) is 43.4. The van der Waals surface area contributed by atoms with Crippen LogP contribution in [0.15, 0.2) is 273 Å². The highest BCUT2D eigenvalue weighted by Crippen LogP contribution is 2.51. The van der Waals surface area contributed by atoms with Crippen molar-refractivity contribution >= 4 is 138 Å². The smallest absolute Gasteiger partial charge is 0.256 e. The molecule has 0 spiro atoms. The van der Waals surface area contributed by atoms with Crippen LogP contribution >= 0.6 is 0 Å². The summed E-state index contributed by atoms with van der Waals surface area (Å²) in [6.45, 7) is -0.208. The molecule has 0 N–H and O–H groups in total. The van der Waals surface area contributed by atoms with Gasteiger partial charge in [0.05, 0.1) is 0 Å². The summed E-state index contributed by atoms with van der Waals surface area (Å²) in [4.78, 5) is 10.1. The Morgan fingerprint density at radius 2 is 0.600 bits per heavy atom. The van der Waals surface area contributed by atoms with Crippen molar-refractivity contribution in [1.82, 2.24) is 0 Å². The van der Waals surface area contributed by atoms with Gasteiger partial charge in [-0.1, -0.05) is 188 Å². The van der Waals surface area contributed by atoms with Crippen molar-refractivity contribution in [1.29, 1.82) is 0 Å². The van der Waals surface area contributed by atoms with Crippen LogP contribution < -0.4 is 73.5 Å². The van der Waals surface area contributed by atoms with Crippen molar-refractivity contribution in [2.45, 2.75) is 0 Å². The lowest BCUT2D eigenvalue weighted by atomic mass is 9.28. The van der Waals surface area contributed by atoms with E-state index in [1.807, 2.05) is 0 Å². The molecule has 0 bridgehead atoms. The Labute approximate surface area is 466 Å². The second-order valence-electron chi connectivity index (χ2n) is 21.9. The molecule has 80 heavy (non-hydrogen) atoms. The number of para-hydroxylation sites is 7. The molecule has 12 aromatic rings. The number of anilines is 12. The highest BCUT2D eigenvalue weighted by Gasteiger charge is 2.53. The van der Waals surface area contributed by atoms with Crippen molar-refractivity contribution in [3.63, 3.8) is 0 Å². The molecule has 0 fully saturated rings. The minimum atomic E-state index is -0.115. The second kappa shape index (κ2) is 16.7. The third kappa shape index (κ3) is 6.05. The maximum Gasteiger partial charge on any atom is 0.256 e. The van der Waals surface area contributed by atoms with Gasteiger partial charge in [0.1, 0.15) is 11.5 Å². The van der Waals surface area contributed by atoms with Crippen molar-refractivity contribution < 1.29 is 4.74 Å². The lowest BCUT2D eigenvalue weighted by Gasteiger charge is -2.51. The summed E-state index contributed by atoms with van der Waals surface area (Å²) in [7, 11) is 0. The fourth-order valence-corrected chi connectivity index (χ4v) is 14.6. The number of hydrogen-bond acceptors (Lipinski definition) is 5. The van der Waals surface area contributed by atoms with Crippen molar-refractivity contribution in [2.24, 2.45) is 0 Å². The molecule has 368 valence electrons. The number of ether oxygens (including phenoxy) is 1. The quantitative estimate of drug-likeness (QED) is 0.160. The molecule has 0 aromatic heterocycles. The van der Waals surface area contributed by atoms with Gasteiger partial charge in [-0.15, -0.1) is 0 Å². The SMILES string of the molecule is c1ccc(-c2ccc(-c3cc4c5c(c3)N(c3ccccc3)c3ccccc3B5c3cc5c(cc3O4)N(c3ccccc3)c3cc4c6c7c3B5c3ccccc3N7c3ccccc3B6c3ccccc3N4c3ccccc3)cc2)cc1. The van der Waals surface area contributed by atoms with Gasteiger partial charge in [-0.2, -0.15) is 0 Å². The standard InChI is InChI=1S/C72H45B3N4O/c1-5-21-46(22-6-1)47-37-39-48(40-38-47)49-41-64-69-68(42-49)80-67-45-63-57(43-58(67)75(69)54-30-14-18-34-60(54)76(64)50-23-7-2-8-24-50)74-56-32-16-20-36-62(56)79-61-35-19-15-31-55(61)73-53-29-13-17-33-59(53)77(51-25-9-3-10-26-51)65-44-66(71(74)72(79)70(65)73)78(63)52-27-11-4-12-28-52/h1-45H. The van der Waals surface area contributed by atoms with Crippen LogP contribution in [0.25, 0.3) is 22.3 Å². The van der Waals surface area contributed by atoms with Crippen LogP contribution in [0.2, 0.25) is 0 Å². The first-order valence-electron chi connectivity index (χ1n) is 27.8.